The van der Waals surface area contributed by atoms with Crippen molar-refractivity contribution < 1.29 is 13.2 Å². The molecule has 20 heavy (non-hydrogen) atoms. The monoisotopic (exact) mass is 299 g/mol. The molecule has 1 aliphatic rings. The van der Waals surface area contributed by atoms with E-state index in [0.29, 0.717) is 25.5 Å². The summed E-state index contributed by atoms with van der Waals surface area (Å²) in [4.78, 5) is 12.9. The lowest BCUT2D eigenvalue weighted by Crippen LogP contribution is -2.53. The van der Waals surface area contributed by atoms with Crippen molar-refractivity contribution in [3.63, 3.8) is 0 Å². The molecule has 1 atom stereocenters. The van der Waals surface area contributed by atoms with Crippen molar-refractivity contribution in [1.29, 1.82) is 0 Å². The molecule has 0 saturated carbocycles. The van der Waals surface area contributed by atoms with Gasteiger partial charge in [-0.2, -0.15) is 4.31 Å². The third kappa shape index (κ3) is 3.05. The van der Waals surface area contributed by atoms with E-state index in [2.05, 4.69) is 10.2 Å². The topological polar surface area (TPSA) is 109 Å². The van der Waals surface area contributed by atoms with Gasteiger partial charge in [0.05, 0.1) is 6.26 Å². The van der Waals surface area contributed by atoms with Gasteiger partial charge in [0, 0.05) is 25.7 Å². The molecule has 2 N–H and O–H groups in total. The number of carbonyl (C=O) groups excluding carboxylic acids is 1. The number of nitrogens with two attached hydrogens (primary N) is 1. The van der Waals surface area contributed by atoms with Gasteiger partial charge in [-0.05, 0) is 19.1 Å². The summed E-state index contributed by atoms with van der Waals surface area (Å²) >= 11 is 0. The van der Waals surface area contributed by atoms with Crippen molar-refractivity contribution in [2.45, 2.75) is 13.0 Å². The third-order valence-electron chi connectivity index (χ3n) is 3.22. The van der Waals surface area contributed by atoms with Gasteiger partial charge in [0.1, 0.15) is 0 Å². The normalized spacial score (nSPS) is 20.9. The Bertz CT molecular complexity index is 601. The Labute approximate surface area is 117 Å². The fourth-order valence-corrected chi connectivity index (χ4v) is 3.40. The summed E-state index contributed by atoms with van der Waals surface area (Å²) in [6, 6.07) is 3.03. The number of piperazine rings is 1. The molecule has 0 spiro atoms. The second kappa shape index (κ2) is 5.33. The van der Waals surface area contributed by atoms with Crippen LogP contribution in [0.25, 0.3) is 0 Å². The van der Waals surface area contributed by atoms with Crippen LogP contribution in [0.1, 0.15) is 17.4 Å². The minimum atomic E-state index is -3.19. The zero-order chi connectivity index (χ0) is 14.9. The highest BCUT2D eigenvalue weighted by Crippen LogP contribution is 2.18. The fraction of sp³-hybridized carbons (Fsp3) is 0.545. The first-order valence-corrected chi connectivity index (χ1v) is 7.99. The number of carbonyl (C=O) groups is 1. The van der Waals surface area contributed by atoms with Gasteiger partial charge in [-0.3, -0.25) is 4.79 Å². The van der Waals surface area contributed by atoms with E-state index >= 15 is 0 Å². The number of hydrogen-bond acceptors (Lipinski definition) is 6. The molecule has 2 heterocycles. The van der Waals surface area contributed by atoms with E-state index in [-0.39, 0.29) is 11.7 Å². The van der Waals surface area contributed by atoms with Gasteiger partial charge in [-0.25, -0.2) is 8.42 Å². The molecule has 1 aromatic heterocycles. The Kier molecular flexibility index (Phi) is 3.91. The number of aromatic nitrogens is 2. The maximum Gasteiger partial charge on any atom is 0.269 e. The molecule has 0 aliphatic carbocycles. The Morgan fingerprint density at radius 1 is 1.35 bits per heavy atom. The smallest absolute Gasteiger partial charge is 0.269 e. The molecule has 0 radical (unpaired) electrons. The van der Waals surface area contributed by atoms with E-state index < -0.39 is 15.9 Å². The fourth-order valence-electron chi connectivity index (χ4n) is 2.27. The zero-order valence-electron chi connectivity index (χ0n) is 11.4. The molecular weight excluding hydrogens is 282 g/mol. The average molecular weight is 299 g/mol. The number of rotatable bonds is 3. The van der Waals surface area contributed by atoms with Crippen molar-refractivity contribution in [2.75, 3.05) is 30.8 Å². The molecule has 1 amide bonds. The summed E-state index contributed by atoms with van der Waals surface area (Å²) in [5.74, 6) is -0.0192. The molecule has 8 nitrogen and oxygen atoms in total. The van der Waals surface area contributed by atoms with E-state index in [1.807, 2.05) is 11.8 Å². The summed E-state index contributed by atoms with van der Waals surface area (Å²) in [6.45, 7) is 3.30. The highest BCUT2D eigenvalue weighted by Gasteiger charge is 2.30. The lowest BCUT2D eigenvalue weighted by Gasteiger charge is -2.38. The lowest BCUT2D eigenvalue weighted by molar-refractivity contribution is 0.0994. The van der Waals surface area contributed by atoms with E-state index in [1.165, 1.54) is 16.6 Å². The summed E-state index contributed by atoms with van der Waals surface area (Å²) in [6.07, 6.45) is 1.21. The predicted molar refractivity (Wildman–Crippen MR) is 73.8 cm³/mol. The van der Waals surface area contributed by atoms with Crippen LogP contribution >= 0.6 is 0 Å². The summed E-state index contributed by atoms with van der Waals surface area (Å²) in [5.41, 5.74) is 5.21. The van der Waals surface area contributed by atoms with E-state index in [0.717, 1.165) is 0 Å². The SMILES string of the molecule is C[C@H]1CN(c2ccc(C(N)=O)nn2)CCN1S(C)(=O)=O. The number of hydrogen-bond donors (Lipinski definition) is 1. The van der Waals surface area contributed by atoms with Gasteiger partial charge in [-0.1, -0.05) is 0 Å². The number of anilines is 1. The van der Waals surface area contributed by atoms with E-state index in [9.17, 15) is 13.2 Å². The maximum absolute atomic E-state index is 11.6. The van der Waals surface area contributed by atoms with E-state index in [4.69, 9.17) is 5.73 Å². The van der Waals surface area contributed by atoms with Crippen LogP contribution in [0.15, 0.2) is 12.1 Å². The van der Waals surface area contributed by atoms with Crippen molar-refractivity contribution in [3.8, 4) is 0 Å². The van der Waals surface area contributed by atoms with Gasteiger partial charge in [0.25, 0.3) is 5.91 Å². The second-order valence-corrected chi connectivity index (χ2v) is 6.74. The molecule has 0 bridgehead atoms. The van der Waals surface area contributed by atoms with Gasteiger partial charge in [0.15, 0.2) is 11.5 Å². The van der Waals surface area contributed by atoms with Crippen molar-refractivity contribution >= 4 is 21.7 Å². The number of sulfonamides is 1. The third-order valence-corrected chi connectivity index (χ3v) is 4.61. The first-order chi connectivity index (χ1) is 9.29. The molecular formula is C11H17N5O3S. The molecule has 9 heteroatoms. The molecule has 1 fully saturated rings. The summed E-state index contributed by atoms with van der Waals surface area (Å²) < 4.78 is 24.6. The molecule has 0 aromatic carbocycles. The van der Waals surface area contributed by atoms with Crippen LogP contribution in [0.5, 0.6) is 0 Å². The number of amides is 1. The predicted octanol–water partition coefficient (Wildman–Crippen LogP) is -0.954. The van der Waals surface area contributed by atoms with Crippen LogP contribution in [0.4, 0.5) is 5.82 Å². The van der Waals surface area contributed by atoms with Crippen LogP contribution < -0.4 is 10.6 Å². The minimum absolute atomic E-state index is 0.108. The first kappa shape index (κ1) is 14.7. The molecule has 110 valence electrons. The van der Waals surface area contributed by atoms with Crippen LogP contribution in [-0.4, -0.2) is 60.8 Å². The quantitative estimate of drug-likeness (QED) is 0.770. The van der Waals surface area contributed by atoms with Crippen LogP contribution in [0.3, 0.4) is 0 Å². The molecule has 0 unspecified atom stereocenters. The Morgan fingerprint density at radius 2 is 2.05 bits per heavy atom. The Morgan fingerprint density at radius 3 is 2.50 bits per heavy atom. The molecule has 1 saturated heterocycles. The lowest BCUT2D eigenvalue weighted by atomic mass is 10.2. The second-order valence-electron chi connectivity index (χ2n) is 4.81. The maximum atomic E-state index is 11.6. The number of primary amides is 1. The largest absolute Gasteiger partial charge is 0.364 e. The van der Waals surface area contributed by atoms with Crippen LogP contribution in [-0.2, 0) is 10.0 Å². The molecule has 2 rings (SSSR count). The van der Waals surface area contributed by atoms with Crippen molar-refractivity contribution in [2.24, 2.45) is 5.73 Å². The average Bonchev–Trinajstić information content (AvgIpc) is 2.37. The Hall–Kier alpha value is -1.74. The van der Waals surface area contributed by atoms with Gasteiger partial charge in [-0.15, -0.1) is 10.2 Å². The molecule has 1 aliphatic heterocycles. The van der Waals surface area contributed by atoms with E-state index in [1.54, 1.807) is 6.07 Å². The standard InChI is InChI=1S/C11H17N5O3S/c1-8-7-15(5-6-16(8)20(2,18)19)10-4-3-9(11(12)17)13-14-10/h3-4,8H,5-7H2,1-2H3,(H2,12,17)/t8-/m0/s1. The summed E-state index contributed by atoms with van der Waals surface area (Å²) in [5, 5.41) is 7.70. The zero-order valence-corrected chi connectivity index (χ0v) is 12.2. The minimum Gasteiger partial charge on any atom is -0.364 e. The Balaban J connectivity index is 2.11. The van der Waals surface area contributed by atoms with Crippen molar-refractivity contribution in [1.82, 2.24) is 14.5 Å². The van der Waals surface area contributed by atoms with Gasteiger partial charge in [0.2, 0.25) is 10.0 Å². The molecule has 1 aromatic rings. The van der Waals surface area contributed by atoms with Crippen LogP contribution in [0.2, 0.25) is 0 Å². The van der Waals surface area contributed by atoms with Crippen molar-refractivity contribution in [3.05, 3.63) is 17.8 Å². The first-order valence-electron chi connectivity index (χ1n) is 6.14. The summed E-state index contributed by atoms with van der Waals surface area (Å²) in [7, 11) is -3.19. The van der Waals surface area contributed by atoms with Crippen LogP contribution in [0, 0.1) is 0 Å². The van der Waals surface area contributed by atoms with Gasteiger partial charge < -0.3 is 10.6 Å². The number of nitrogens with zero attached hydrogens (tertiary/aromatic N) is 4. The van der Waals surface area contributed by atoms with Gasteiger partial charge >= 0.3 is 0 Å². The highest BCUT2D eigenvalue weighted by atomic mass is 32.2. The highest BCUT2D eigenvalue weighted by molar-refractivity contribution is 7.88.